The Morgan fingerprint density at radius 1 is 1.47 bits per heavy atom. The number of aryl methyl sites for hydroxylation is 2. The zero-order valence-corrected chi connectivity index (χ0v) is 13.6. The molecule has 0 radical (unpaired) electrons. The normalized spacial score (nSPS) is 28.0. The van der Waals surface area contributed by atoms with Gasteiger partial charge in [0.25, 0.3) is 0 Å². The van der Waals surface area contributed by atoms with Crippen molar-refractivity contribution in [2.75, 3.05) is 13.2 Å². The summed E-state index contributed by atoms with van der Waals surface area (Å²) in [6.45, 7) is 12.7. The van der Waals surface area contributed by atoms with Crippen molar-refractivity contribution in [3.63, 3.8) is 0 Å². The summed E-state index contributed by atoms with van der Waals surface area (Å²) in [5.41, 5.74) is 1.19. The van der Waals surface area contributed by atoms with Crippen LogP contribution in [0, 0.1) is 19.8 Å². The Balaban J connectivity index is 2.31. The highest BCUT2D eigenvalue weighted by atomic mass is 32.1. The molecule has 1 aliphatic rings. The van der Waals surface area contributed by atoms with Gasteiger partial charge < -0.3 is 10.1 Å². The van der Waals surface area contributed by atoms with E-state index in [1.54, 1.807) is 0 Å². The summed E-state index contributed by atoms with van der Waals surface area (Å²) in [6.07, 6.45) is 2.39. The summed E-state index contributed by atoms with van der Waals surface area (Å²) >= 11 is 1.84. The van der Waals surface area contributed by atoms with Crippen LogP contribution in [0.4, 0.5) is 0 Å². The van der Waals surface area contributed by atoms with Crippen LogP contribution in [-0.4, -0.2) is 24.2 Å². The predicted octanol–water partition coefficient (Wildman–Crippen LogP) is 3.40. The van der Waals surface area contributed by atoms with E-state index in [9.17, 15) is 0 Å². The number of rotatable bonds is 4. The van der Waals surface area contributed by atoms with Crippen LogP contribution in [0.2, 0.25) is 0 Å². The maximum Gasteiger partial charge on any atom is 0.113 e. The fraction of sp³-hybridized carbons (Fsp3) is 0.800. The minimum absolute atomic E-state index is 0.0195. The van der Waals surface area contributed by atoms with Gasteiger partial charge in [-0.3, -0.25) is 0 Å². The smallest absolute Gasteiger partial charge is 0.113 e. The van der Waals surface area contributed by atoms with Gasteiger partial charge in [0.15, 0.2) is 0 Å². The maximum atomic E-state index is 5.94. The molecular weight excluding hydrogens is 256 g/mol. The highest BCUT2D eigenvalue weighted by molar-refractivity contribution is 7.11. The van der Waals surface area contributed by atoms with E-state index < -0.39 is 0 Å². The molecule has 4 heteroatoms. The zero-order valence-electron chi connectivity index (χ0n) is 12.7. The van der Waals surface area contributed by atoms with E-state index in [1.165, 1.54) is 15.6 Å². The molecule has 1 aromatic rings. The van der Waals surface area contributed by atoms with Crippen LogP contribution in [0.3, 0.4) is 0 Å². The Morgan fingerprint density at radius 3 is 2.74 bits per heavy atom. The van der Waals surface area contributed by atoms with Crippen LogP contribution in [0.5, 0.6) is 0 Å². The van der Waals surface area contributed by atoms with Gasteiger partial charge in [-0.1, -0.05) is 20.8 Å². The Bertz CT molecular complexity index is 406. The highest BCUT2D eigenvalue weighted by Gasteiger charge is 2.41. The topological polar surface area (TPSA) is 34.2 Å². The molecule has 0 bridgehead atoms. The molecule has 3 nitrogen and oxygen atoms in total. The first-order valence-corrected chi connectivity index (χ1v) is 8.11. The van der Waals surface area contributed by atoms with E-state index in [2.05, 4.69) is 39.9 Å². The average Bonchev–Trinajstić information content (AvgIpc) is 2.71. The Kier molecular flexibility index (Phi) is 4.64. The largest absolute Gasteiger partial charge is 0.378 e. The molecule has 2 heterocycles. The van der Waals surface area contributed by atoms with Crippen molar-refractivity contribution in [1.82, 2.24) is 10.3 Å². The molecule has 0 amide bonds. The van der Waals surface area contributed by atoms with Gasteiger partial charge in [-0.25, -0.2) is 4.98 Å². The number of nitrogens with zero attached hydrogens (tertiary/aromatic N) is 1. The predicted molar refractivity (Wildman–Crippen MR) is 80.8 cm³/mol. The molecule has 0 aliphatic carbocycles. The van der Waals surface area contributed by atoms with Crippen LogP contribution in [0.1, 0.15) is 49.2 Å². The molecule has 2 rings (SSSR count). The van der Waals surface area contributed by atoms with E-state index in [4.69, 9.17) is 9.72 Å². The molecule has 0 saturated carbocycles. The monoisotopic (exact) mass is 282 g/mol. The quantitative estimate of drug-likeness (QED) is 0.919. The second-order valence-corrected chi connectivity index (χ2v) is 7.08. The SMILES string of the molecule is CCNC1(c2nc(C)c(C)s2)CCOC(C(C)C)C1. The van der Waals surface area contributed by atoms with Gasteiger partial charge in [0.2, 0.25) is 0 Å². The van der Waals surface area contributed by atoms with Gasteiger partial charge in [0, 0.05) is 11.5 Å². The van der Waals surface area contributed by atoms with Gasteiger partial charge in [0.1, 0.15) is 5.01 Å². The lowest BCUT2D eigenvalue weighted by Gasteiger charge is -2.41. The lowest BCUT2D eigenvalue weighted by Crippen LogP contribution is -2.50. The molecule has 2 unspecified atom stereocenters. The molecule has 1 aromatic heterocycles. The van der Waals surface area contributed by atoms with E-state index in [1.807, 2.05) is 11.3 Å². The minimum atomic E-state index is 0.0195. The van der Waals surface area contributed by atoms with Crippen molar-refractivity contribution < 1.29 is 4.74 Å². The standard InChI is InChI=1S/C15H26N2OS/c1-6-16-15(14-17-11(4)12(5)19-14)7-8-18-13(9-15)10(2)3/h10,13,16H,6-9H2,1-5H3. The first-order chi connectivity index (χ1) is 8.98. The summed E-state index contributed by atoms with van der Waals surface area (Å²) in [5, 5.41) is 4.96. The van der Waals surface area contributed by atoms with Gasteiger partial charge >= 0.3 is 0 Å². The Hall–Kier alpha value is -0.450. The summed E-state index contributed by atoms with van der Waals surface area (Å²) in [6, 6.07) is 0. The minimum Gasteiger partial charge on any atom is -0.378 e. The molecule has 19 heavy (non-hydrogen) atoms. The number of thiazole rings is 1. The van der Waals surface area contributed by atoms with Crippen molar-refractivity contribution in [3.05, 3.63) is 15.6 Å². The van der Waals surface area contributed by atoms with Gasteiger partial charge in [0.05, 0.1) is 17.3 Å². The van der Waals surface area contributed by atoms with E-state index >= 15 is 0 Å². The first-order valence-electron chi connectivity index (χ1n) is 7.29. The van der Waals surface area contributed by atoms with Gasteiger partial charge in [-0.15, -0.1) is 11.3 Å². The number of hydrogen-bond acceptors (Lipinski definition) is 4. The third-order valence-electron chi connectivity index (χ3n) is 4.11. The molecule has 0 aromatic carbocycles. The second kappa shape index (κ2) is 5.90. The zero-order chi connectivity index (χ0) is 14.0. The molecule has 1 aliphatic heterocycles. The van der Waals surface area contributed by atoms with Crippen molar-refractivity contribution in [1.29, 1.82) is 0 Å². The van der Waals surface area contributed by atoms with Crippen molar-refractivity contribution in [2.24, 2.45) is 5.92 Å². The fourth-order valence-corrected chi connectivity index (χ4v) is 3.88. The summed E-state index contributed by atoms with van der Waals surface area (Å²) in [5.74, 6) is 0.556. The van der Waals surface area contributed by atoms with Crippen LogP contribution < -0.4 is 5.32 Å². The molecule has 1 fully saturated rings. The number of aromatic nitrogens is 1. The fourth-order valence-electron chi connectivity index (χ4n) is 2.76. The lowest BCUT2D eigenvalue weighted by molar-refractivity contribution is -0.0531. The van der Waals surface area contributed by atoms with Crippen LogP contribution in [0.15, 0.2) is 0 Å². The molecule has 1 N–H and O–H groups in total. The van der Waals surface area contributed by atoms with Crippen LogP contribution in [-0.2, 0) is 10.3 Å². The Morgan fingerprint density at radius 2 is 2.21 bits per heavy atom. The average molecular weight is 282 g/mol. The summed E-state index contributed by atoms with van der Waals surface area (Å²) < 4.78 is 5.94. The Labute approximate surface area is 120 Å². The molecule has 2 atom stereocenters. The number of hydrogen-bond donors (Lipinski definition) is 1. The summed E-state index contributed by atoms with van der Waals surface area (Å²) in [7, 11) is 0. The number of nitrogens with one attached hydrogen (secondary N) is 1. The number of ether oxygens (including phenoxy) is 1. The van der Waals surface area contributed by atoms with Crippen LogP contribution >= 0.6 is 11.3 Å². The summed E-state index contributed by atoms with van der Waals surface area (Å²) in [4.78, 5) is 6.15. The van der Waals surface area contributed by atoms with E-state index in [-0.39, 0.29) is 5.54 Å². The maximum absolute atomic E-state index is 5.94. The van der Waals surface area contributed by atoms with E-state index in [0.717, 1.165) is 26.0 Å². The first kappa shape index (κ1) is 14.9. The van der Waals surface area contributed by atoms with Crippen LogP contribution in [0.25, 0.3) is 0 Å². The second-order valence-electron chi connectivity index (χ2n) is 5.88. The van der Waals surface area contributed by atoms with Gasteiger partial charge in [-0.05, 0) is 39.2 Å². The van der Waals surface area contributed by atoms with Crippen molar-refractivity contribution in [3.8, 4) is 0 Å². The third-order valence-corrected chi connectivity index (χ3v) is 5.38. The third kappa shape index (κ3) is 3.01. The van der Waals surface area contributed by atoms with Crippen molar-refractivity contribution in [2.45, 2.75) is 59.1 Å². The lowest BCUT2D eigenvalue weighted by atomic mass is 9.83. The van der Waals surface area contributed by atoms with E-state index in [0.29, 0.717) is 12.0 Å². The molecule has 108 valence electrons. The molecule has 0 spiro atoms. The van der Waals surface area contributed by atoms with Crippen molar-refractivity contribution >= 4 is 11.3 Å². The van der Waals surface area contributed by atoms with Gasteiger partial charge in [-0.2, -0.15) is 0 Å². The molecule has 1 saturated heterocycles. The molecular formula is C15H26N2OS. The highest BCUT2D eigenvalue weighted by Crippen LogP contribution is 2.39.